The van der Waals surface area contributed by atoms with Gasteiger partial charge >= 0.3 is 5.97 Å². The highest BCUT2D eigenvalue weighted by Gasteiger charge is 2.13. The summed E-state index contributed by atoms with van der Waals surface area (Å²) in [4.78, 5) is 10.8. The maximum Gasteiger partial charge on any atom is 0.335 e. The van der Waals surface area contributed by atoms with Crippen LogP contribution in [0.5, 0.6) is 0 Å². The van der Waals surface area contributed by atoms with Crippen molar-refractivity contribution in [1.29, 1.82) is 0 Å². The Morgan fingerprint density at radius 3 is 3.00 bits per heavy atom. The van der Waals surface area contributed by atoms with Crippen LogP contribution in [0.4, 0.5) is 5.69 Å². The Morgan fingerprint density at radius 2 is 2.41 bits per heavy atom. The minimum atomic E-state index is -0.878. The number of anilines is 1. The minimum Gasteiger partial charge on any atom is -0.478 e. The second-order valence-corrected chi connectivity index (χ2v) is 4.51. The fourth-order valence-electron chi connectivity index (χ4n) is 2.16. The van der Waals surface area contributed by atoms with Crippen LogP contribution in [-0.2, 0) is 0 Å². The minimum absolute atomic E-state index is 0.340. The molecular formula is C13H18N2O2. The molecule has 1 aliphatic rings. The number of carbonyl (C=O) groups is 1. The van der Waals surface area contributed by atoms with Crippen LogP contribution in [0.1, 0.15) is 28.8 Å². The largest absolute Gasteiger partial charge is 0.478 e. The highest BCUT2D eigenvalue weighted by atomic mass is 16.4. The highest BCUT2D eigenvalue weighted by molar-refractivity contribution is 5.88. The van der Waals surface area contributed by atoms with Crippen LogP contribution in [0.2, 0.25) is 0 Å². The lowest BCUT2D eigenvalue weighted by Crippen LogP contribution is -2.29. The molecule has 1 atom stereocenters. The van der Waals surface area contributed by atoms with E-state index in [1.807, 2.05) is 13.0 Å². The zero-order valence-electron chi connectivity index (χ0n) is 9.99. The first-order chi connectivity index (χ1) is 8.16. The van der Waals surface area contributed by atoms with Gasteiger partial charge in [-0.15, -0.1) is 0 Å². The van der Waals surface area contributed by atoms with Crippen molar-refractivity contribution in [3.8, 4) is 0 Å². The molecule has 4 nitrogen and oxygen atoms in total. The Hall–Kier alpha value is -1.55. The molecule has 1 aromatic carbocycles. The van der Waals surface area contributed by atoms with E-state index in [9.17, 15) is 4.79 Å². The first-order valence-corrected chi connectivity index (χ1v) is 5.98. The lowest BCUT2D eigenvalue weighted by molar-refractivity contribution is 0.0697. The van der Waals surface area contributed by atoms with Crippen LogP contribution in [0.15, 0.2) is 18.2 Å². The molecule has 3 N–H and O–H groups in total. The summed E-state index contributed by atoms with van der Waals surface area (Å²) in [6, 6.07) is 5.72. The van der Waals surface area contributed by atoms with Crippen LogP contribution in [0.3, 0.4) is 0 Å². The predicted octanol–water partition coefficient (Wildman–Crippen LogP) is 1.86. The monoisotopic (exact) mass is 234 g/mol. The van der Waals surface area contributed by atoms with E-state index < -0.39 is 5.97 Å². The summed E-state index contributed by atoms with van der Waals surface area (Å²) in [5, 5.41) is 15.7. The van der Waals surface area contributed by atoms with Gasteiger partial charge in [0.05, 0.1) is 5.56 Å². The highest BCUT2D eigenvalue weighted by Crippen LogP contribution is 2.17. The Morgan fingerprint density at radius 1 is 1.59 bits per heavy atom. The average Bonchev–Trinajstić information content (AvgIpc) is 2.80. The van der Waals surface area contributed by atoms with Crippen molar-refractivity contribution >= 4 is 11.7 Å². The van der Waals surface area contributed by atoms with Crippen LogP contribution in [0.25, 0.3) is 0 Å². The first kappa shape index (κ1) is 11.9. The fraction of sp³-hybridized carbons (Fsp3) is 0.462. The zero-order chi connectivity index (χ0) is 12.3. The van der Waals surface area contributed by atoms with Gasteiger partial charge in [-0.1, -0.05) is 0 Å². The van der Waals surface area contributed by atoms with Gasteiger partial charge in [-0.05, 0) is 50.1 Å². The van der Waals surface area contributed by atoms with E-state index in [1.54, 1.807) is 12.1 Å². The normalized spacial score (nSPS) is 19.2. The van der Waals surface area contributed by atoms with Crippen LogP contribution < -0.4 is 10.6 Å². The van der Waals surface area contributed by atoms with Crippen LogP contribution in [0, 0.1) is 6.92 Å². The van der Waals surface area contributed by atoms with Crippen molar-refractivity contribution in [3.05, 3.63) is 29.3 Å². The van der Waals surface area contributed by atoms with Gasteiger partial charge in [0.25, 0.3) is 0 Å². The van der Waals surface area contributed by atoms with E-state index in [0.29, 0.717) is 11.6 Å². The molecule has 1 saturated heterocycles. The molecule has 4 heteroatoms. The van der Waals surface area contributed by atoms with Gasteiger partial charge in [-0.2, -0.15) is 0 Å². The number of hydrogen-bond donors (Lipinski definition) is 3. The van der Waals surface area contributed by atoms with Gasteiger partial charge in [-0.25, -0.2) is 4.79 Å². The number of carboxylic acids is 1. The summed E-state index contributed by atoms with van der Waals surface area (Å²) in [5.41, 5.74) is 2.33. The summed E-state index contributed by atoms with van der Waals surface area (Å²) < 4.78 is 0. The van der Waals surface area contributed by atoms with Crippen LogP contribution >= 0.6 is 0 Å². The third-order valence-corrected chi connectivity index (χ3v) is 3.17. The van der Waals surface area contributed by atoms with Crippen molar-refractivity contribution in [1.82, 2.24) is 5.32 Å². The molecule has 0 aliphatic carbocycles. The third kappa shape index (κ3) is 2.97. The number of benzene rings is 1. The molecule has 0 saturated carbocycles. The molecule has 0 bridgehead atoms. The number of aryl methyl sites for hydroxylation is 1. The summed E-state index contributed by atoms with van der Waals surface area (Å²) in [6.07, 6.45) is 2.45. The lowest BCUT2D eigenvalue weighted by Gasteiger charge is -2.14. The first-order valence-electron chi connectivity index (χ1n) is 5.98. The maximum atomic E-state index is 10.8. The van der Waals surface area contributed by atoms with Crippen molar-refractivity contribution in [3.63, 3.8) is 0 Å². The van der Waals surface area contributed by atoms with Gasteiger partial charge < -0.3 is 15.7 Å². The fourth-order valence-corrected chi connectivity index (χ4v) is 2.16. The van der Waals surface area contributed by atoms with E-state index in [4.69, 9.17) is 5.11 Å². The molecule has 1 heterocycles. The van der Waals surface area contributed by atoms with Gasteiger partial charge in [0.15, 0.2) is 0 Å². The van der Waals surface area contributed by atoms with E-state index in [2.05, 4.69) is 10.6 Å². The molecule has 1 fully saturated rings. The lowest BCUT2D eigenvalue weighted by atomic mass is 10.1. The van der Waals surface area contributed by atoms with Crippen molar-refractivity contribution in [2.24, 2.45) is 0 Å². The molecule has 0 spiro atoms. The van der Waals surface area contributed by atoms with Gasteiger partial charge in [0, 0.05) is 18.3 Å². The molecule has 1 aromatic rings. The summed E-state index contributed by atoms with van der Waals surface area (Å²) in [5.74, 6) is -0.878. The number of aromatic carboxylic acids is 1. The van der Waals surface area contributed by atoms with Crippen LogP contribution in [-0.4, -0.2) is 30.2 Å². The average molecular weight is 234 g/mol. The second kappa shape index (κ2) is 5.19. The molecule has 0 amide bonds. The predicted molar refractivity (Wildman–Crippen MR) is 67.7 cm³/mol. The van der Waals surface area contributed by atoms with Crippen molar-refractivity contribution < 1.29 is 9.90 Å². The Bertz CT molecular complexity index is 412. The van der Waals surface area contributed by atoms with E-state index in [-0.39, 0.29) is 0 Å². The van der Waals surface area contributed by atoms with Crippen molar-refractivity contribution in [2.75, 3.05) is 18.4 Å². The van der Waals surface area contributed by atoms with Crippen molar-refractivity contribution in [2.45, 2.75) is 25.8 Å². The molecule has 1 aliphatic heterocycles. The smallest absolute Gasteiger partial charge is 0.335 e. The topological polar surface area (TPSA) is 61.4 Å². The van der Waals surface area contributed by atoms with Gasteiger partial charge in [0.2, 0.25) is 0 Å². The zero-order valence-corrected chi connectivity index (χ0v) is 9.99. The number of nitrogens with one attached hydrogen (secondary N) is 2. The van der Waals surface area contributed by atoms with Gasteiger partial charge in [0.1, 0.15) is 0 Å². The number of rotatable bonds is 4. The molecule has 2 rings (SSSR count). The molecule has 92 valence electrons. The summed E-state index contributed by atoms with van der Waals surface area (Å²) in [7, 11) is 0. The molecule has 1 unspecified atom stereocenters. The van der Waals surface area contributed by atoms with E-state index >= 15 is 0 Å². The molecule has 17 heavy (non-hydrogen) atoms. The second-order valence-electron chi connectivity index (χ2n) is 4.51. The Kier molecular flexibility index (Phi) is 3.64. The maximum absolute atomic E-state index is 10.8. The third-order valence-electron chi connectivity index (χ3n) is 3.17. The Balaban J connectivity index is 1.98. The molecule has 0 radical (unpaired) electrons. The standard InChI is InChI=1S/C13H18N2O2/c1-9-7-10(13(16)17)4-5-12(9)15-8-11-3-2-6-14-11/h4-5,7,11,14-15H,2-3,6,8H2,1H3,(H,16,17). The van der Waals surface area contributed by atoms with E-state index in [1.165, 1.54) is 12.8 Å². The molecular weight excluding hydrogens is 216 g/mol. The Labute approximate surface area is 101 Å². The van der Waals surface area contributed by atoms with Gasteiger partial charge in [-0.3, -0.25) is 0 Å². The SMILES string of the molecule is Cc1cc(C(=O)O)ccc1NCC1CCCN1. The quantitative estimate of drug-likeness (QED) is 0.744. The van der Waals surface area contributed by atoms with E-state index in [0.717, 1.165) is 24.3 Å². The molecule has 0 aromatic heterocycles. The summed E-state index contributed by atoms with van der Waals surface area (Å²) in [6.45, 7) is 3.92. The number of hydrogen-bond acceptors (Lipinski definition) is 3. The number of carboxylic acid groups (broad SMARTS) is 1. The summed E-state index contributed by atoms with van der Waals surface area (Å²) >= 11 is 0.